The van der Waals surface area contributed by atoms with Crippen molar-refractivity contribution in [1.82, 2.24) is 15.5 Å². The fourth-order valence-electron chi connectivity index (χ4n) is 4.36. The predicted octanol–water partition coefficient (Wildman–Crippen LogP) is 2.41. The minimum Gasteiger partial charge on any atom is -0.370 e. The van der Waals surface area contributed by atoms with Crippen LogP contribution < -0.4 is 15.5 Å². The molecule has 7 nitrogen and oxygen atoms in total. The van der Waals surface area contributed by atoms with Gasteiger partial charge in [0, 0.05) is 36.9 Å². The number of benzene rings is 2. The monoisotopic (exact) mass is 434 g/mol. The Labute approximate surface area is 188 Å². The number of likely N-dealkylation sites (N-methyl/N-ethyl adjacent to an activating group) is 1. The number of nitrogens with one attached hydrogen (secondary N) is 2. The SMILES string of the molecule is CCN(CCNC(=O)CNC(=O)C1c2ccccc2C(=O)N1C1CC1)c1ccccc1C. The van der Waals surface area contributed by atoms with Gasteiger partial charge in [-0.25, -0.2) is 0 Å². The summed E-state index contributed by atoms with van der Waals surface area (Å²) in [5.74, 6) is -0.640. The van der Waals surface area contributed by atoms with Crippen molar-refractivity contribution in [3.63, 3.8) is 0 Å². The summed E-state index contributed by atoms with van der Waals surface area (Å²) in [6, 6.07) is 14.9. The number of aryl methyl sites for hydroxylation is 1. The van der Waals surface area contributed by atoms with E-state index < -0.39 is 6.04 Å². The first kappa shape index (κ1) is 21.9. The molecule has 2 aromatic rings. The summed E-state index contributed by atoms with van der Waals surface area (Å²) >= 11 is 0. The van der Waals surface area contributed by atoms with E-state index in [2.05, 4.69) is 41.5 Å². The number of rotatable bonds is 9. The van der Waals surface area contributed by atoms with Gasteiger partial charge in [0.2, 0.25) is 11.8 Å². The zero-order chi connectivity index (χ0) is 22.7. The number of hydrogen-bond donors (Lipinski definition) is 2. The van der Waals surface area contributed by atoms with Crippen LogP contribution in [0.1, 0.15) is 47.3 Å². The quantitative estimate of drug-likeness (QED) is 0.635. The minimum absolute atomic E-state index is 0.0939. The van der Waals surface area contributed by atoms with Crippen molar-refractivity contribution in [2.45, 2.75) is 38.8 Å². The molecule has 0 radical (unpaired) electrons. The molecule has 0 aromatic heterocycles. The van der Waals surface area contributed by atoms with E-state index in [1.54, 1.807) is 11.0 Å². The second-order valence-electron chi connectivity index (χ2n) is 8.37. The molecule has 1 unspecified atom stereocenters. The zero-order valence-electron chi connectivity index (χ0n) is 18.6. The van der Waals surface area contributed by atoms with E-state index in [0.717, 1.165) is 30.6 Å². The van der Waals surface area contributed by atoms with E-state index in [1.165, 1.54) is 5.56 Å². The largest absolute Gasteiger partial charge is 0.370 e. The average Bonchev–Trinajstić information content (AvgIpc) is 3.60. The van der Waals surface area contributed by atoms with E-state index in [4.69, 9.17) is 0 Å². The Morgan fingerprint density at radius 2 is 1.78 bits per heavy atom. The van der Waals surface area contributed by atoms with Crippen molar-refractivity contribution < 1.29 is 14.4 Å². The molecule has 4 rings (SSSR count). The molecule has 0 bridgehead atoms. The molecule has 7 heteroatoms. The maximum atomic E-state index is 13.0. The summed E-state index contributed by atoms with van der Waals surface area (Å²) < 4.78 is 0. The Hall–Kier alpha value is -3.35. The summed E-state index contributed by atoms with van der Waals surface area (Å²) in [6.45, 7) is 6.05. The maximum absolute atomic E-state index is 13.0. The number of carbonyl (C=O) groups excluding carboxylic acids is 3. The van der Waals surface area contributed by atoms with Crippen molar-refractivity contribution in [3.8, 4) is 0 Å². The number of fused-ring (bicyclic) bond motifs is 1. The molecule has 32 heavy (non-hydrogen) atoms. The van der Waals surface area contributed by atoms with Crippen molar-refractivity contribution in [2.24, 2.45) is 0 Å². The normalized spacial score (nSPS) is 17.1. The smallest absolute Gasteiger partial charge is 0.255 e. The second kappa shape index (κ2) is 9.42. The first-order chi connectivity index (χ1) is 15.5. The van der Waals surface area contributed by atoms with E-state index in [-0.39, 0.29) is 30.3 Å². The highest BCUT2D eigenvalue weighted by molar-refractivity contribution is 6.05. The van der Waals surface area contributed by atoms with Crippen LogP contribution in [-0.2, 0) is 9.59 Å². The van der Waals surface area contributed by atoms with Crippen LogP contribution in [0.5, 0.6) is 0 Å². The molecular formula is C25H30N4O3. The third kappa shape index (κ3) is 4.47. The van der Waals surface area contributed by atoms with Gasteiger partial charge in [0.15, 0.2) is 0 Å². The Morgan fingerprint density at radius 3 is 2.50 bits per heavy atom. The van der Waals surface area contributed by atoms with Crippen molar-refractivity contribution in [2.75, 3.05) is 31.1 Å². The molecule has 1 saturated carbocycles. The lowest BCUT2D eigenvalue weighted by Gasteiger charge is -2.25. The standard InChI is InChI=1S/C25H30N4O3/c1-3-28(21-11-7-4-8-17(21)2)15-14-26-22(30)16-27-24(31)23-19-9-5-6-10-20(19)25(32)29(23)18-12-13-18/h4-11,18,23H,3,12-16H2,1-2H3,(H,26,30)(H,27,31). The maximum Gasteiger partial charge on any atom is 0.255 e. The topological polar surface area (TPSA) is 81.8 Å². The van der Waals surface area contributed by atoms with Gasteiger partial charge in [-0.15, -0.1) is 0 Å². The van der Waals surface area contributed by atoms with Crippen LogP contribution in [0.4, 0.5) is 5.69 Å². The van der Waals surface area contributed by atoms with E-state index >= 15 is 0 Å². The van der Waals surface area contributed by atoms with Gasteiger partial charge in [0.25, 0.3) is 5.91 Å². The van der Waals surface area contributed by atoms with Crippen LogP contribution in [0, 0.1) is 6.92 Å². The molecule has 1 aliphatic carbocycles. The molecule has 2 aliphatic rings. The summed E-state index contributed by atoms with van der Waals surface area (Å²) in [5, 5.41) is 5.61. The lowest BCUT2D eigenvalue weighted by atomic mass is 10.0. The van der Waals surface area contributed by atoms with Crippen LogP contribution in [0.2, 0.25) is 0 Å². The number of para-hydroxylation sites is 1. The minimum atomic E-state index is -0.657. The Balaban J connectivity index is 1.30. The molecule has 2 N–H and O–H groups in total. The highest BCUT2D eigenvalue weighted by Gasteiger charge is 2.47. The summed E-state index contributed by atoms with van der Waals surface area (Å²) in [4.78, 5) is 42.0. The number of carbonyl (C=O) groups is 3. The number of anilines is 1. The summed E-state index contributed by atoms with van der Waals surface area (Å²) in [5.41, 5.74) is 3.65. The van der Waals surface area contributed by atoms with E-state index in [9.17, 15) is 14.4 Å². The first-order valence-corrected chi connectivity index (χ1v) is 11.3. The number of amides is 3. The summed E-state index contributed by atoms with van der Waals surface area (Å²) in [7, 11) is 0. The van der Waals surface area contributed by atoms with Gasteiger partial charge in [-0.2, -0.15) is 0 Å². The zero-order valence-corrected chi connectivity index (χ0v) is 18.6. The predicted molar refractivity (Wildman–Crippen MR) is 123 cm³/mol. The van der Waals surface area contributed by atoms with Gasteiger partial charge in [0.1, 0.15) is 6.04 Å². The average molecular weight is 435 g/mol. The van der Waals surface area contributed by atoms with Gasteiger partial charge in [0.05, 0.1) is 6.54 Å². The Morgan fingerprint density at radius 1 is 1.06 bits per heavy atom. The van der Waals surface area contributed by atoms with Gasteiger partial charge in [-0.1, -0.05) is 36.4 Å². The van der Waals surface area contributed by atoms with Gasteiger partial charge in [-0.3, -0.25) is 14.4 Å². The van der Waals surface area contributed by atoms with E-state index in [0.29, 0.717) is 18.7 Å². The fourth-order valence-corrected chi connectivity index (χ4v) is 4.36. The number of nitrogens with zero attached hydrogens (tertiary/aromatic N) is 2. The lowest BCUT2D eigenvalue weighted by molar-refractivity contribution is -0.129. The van der Waals surface area contributed by atoms with Gasteiger partial charge < -0.3 is 20.4 Å². The third-order valence-corrected chi connectivity index (χ3v) is 6.15. The highest BCUT2D eigenvalue weighted by atomic mass is 16.2. The third-order valence-electron chi connectivity index (χ3n) is 6.15. The molecule has 1 heterocycles. The molecular weight excluding hydrogens is 404 g/mol. The van der Waals surface area contributed by atoms with E-state index in [1.807, 2.05) is 30.3 Å². The van der Waals surface area contributed by atoms with Crippen LogP contribution in [-0.4, -0.2) is 54.8 Å². The molecule has 0 saturated heterocycles. The molecule has 168 valence electrons. The van der Waals surface area contributed by atoms with Crippen LogP contribution in [0.25, 0.3) is 0 Å². The molecule has 1 aliphatic heterocycles. The van der Waals surface area contributed by atoms with Crippen LogP contribution >= 0.6 is 0 Å². The first-order valence-electron chi connectivity index (χ1n) is 11.3. The van der Waals surface area contributed by atoms with Gasteiger partial charge in [-0.05, 0) is 49.9 Å². The van der Waals surface area contributed by atoms with Crippen molar-refractivity contribution in [3.05, 3.63) is 65.2 Å². The molecule has 1 atom stereocenters. The van der Waals surface area contributed by atoms with Crippen LogP contribution in [0.15, 0.2) is 48.5 Å². The Bertz CT molecular complexity index is 1020. The van der Waals surface area contributed by atoms with Crippen LogP contribution in [0.3, 0.4) is 0 Å². The fraction of sp³-hybridized carbons (Fsp3) is 0.400. The Kier molecular flexibility index (Phi) is 6.44. The van der Waals surface area contributed by atoms with Gasteiger partial charge >= 0.3 is 0 Å². The number of hydrogen-bond acceptors (Lipinski definition) is 4. The van der Waals surface area contributed by atoms with Crippen molar-refractivity contribution in [1.29, 1.82) is 0 Å². The summed E-state index contributed by atoms with van der Waals surface area (Å²) in [6.07, 6.45) is 1.83. The molecule has 0 spiro atoms. The highest BCUT2D eigenvalue weighted by Crippen LogP contribution is 2.41. The molecule has 2 aromatic carbocycles. The molecule has 1 fully saturated rings. The molecule has 3 amide bonds. The van der Waals surface area contributed by atoms with Crippen molar-refractivity contribution >= 4 is 23.4 Å². The lowest BCUT2D eigenvalue weighted by Crippen LogP contribution is -2.45. The second-order valence-corrected chi connectivity index (χ2v) is 8.37.